The van der Waals surface area contributed by atoms with Crippen LogP contribution in [-0.4, -0.2) is 75.0 Å². The summed E-state index contributed by atoms with van der Waals surface area (Å²) in [6, 6.07) is 19.7. The van der Waals surface area contributed by atoms with Crippen molar-refractivity contribution in [1.82, 2.24) is 29.5 Å². The number of nitrogens with zero attached hydrogens (tertiary/aromatic N) is 7. The van der Waals surface area contributed by atoms with Crippen LogP contribution < -0.4 is 20.2 Å². The van der Waals surface area contributed by atoms with E-state index in [9.17, 15) is 13.6 Å². The summed E-state index contributed by atoms with van der Waals surface area (Å²) < 4.78 is 44.1. The molecule has 46 heavy (non-hydrogen) atoms. The van der Waals surface area contributed by atoms with Gasteiger partial charge in [-0.1, -0.05) is 6.07 Å². The number of H-pyrrole nitrogens is 1. The van der Waals surface area contributed by atoms with Gasteiger partial charge in [-0.3, -0.25) is 4.68 Å². The highest BCUT2D eigenvalue weighted by Gasteiger charge is 2.35. The fraction of sp³-hybridized carbons (Fsp3) is 0.333. The summed E-state index contributed by atoms with van der Waals surface area (Å²) in [5.41, 5.74) is 3.19. The molecular formula is C33H34F2N8O3. The van der Waals surface area contributed by atoms with Crippen LogP contribution >= 0.6 is 0 Å². The molecule has 0 amide bonds. The number of nitrogens with one attached hydrogen (secondary N) is 1. The molecule has 3 aromatic carbocycles. The lowest BCUT2D eigenvalue weighted by atomic mass is 9.82. The minimum absolute atomic E-state index is 0.0314. The summed E-state index contributed by atoms with van der Waals surface area (Å²) in [7, 11) is 0. The van der Waals surface area contributed by atoms with E-state index in [0.29, 0.717) is 31.7 Å². The zero-order valence-electron chi connectivity index (χ0n) is 25.1. The first-order chi connectivity index (χ1) is 22.5. The number of rotatable bonds is 9. The van der Waals surface area contributed by atoms with Gasteiger partial charge in [-0.25, -0.2) is 28.2 Å². The first-order valence-electron chi connectivity index (χ1n) is 15.3. The van der Waals surface area contributed by atoms with E-state index in [1.54, 1.807) is 11.0 Å². The smallest absolute Gasteiger partial charge is 0.347 e. The van der Waals surface area contributed by atoms with Crippen LogP contribution in [0, 0.1) is 17.6 Å². The molecule has 5 aromatic rings. The molecule has 2 aliphatic heterocycles. The molecular weight excluding hydrogens is 594 g/mol. The second kappa shape index (κ2) is 13.1. The predicted octanol–water partition coefficient (Wildman–Crippen LogP) is 4.02. The molecule has 238 valence electrons. The third kappa shape index (κ3) is 6.50. The zero-order valence-corrected chi connectivity index (χ0v) is 25.1. The summed E-state index contributed by atoms with van der Waals surface area (Å²) in [6.07, 6.45) is 4.84. The molecule has 0 spiro atoms. The van der Waals surface area contributed by atoms with Gasteiger partial charge in [0.15, 0.2) is 0 Å². The van der Waals surface area contributed by atoms with Crippen molar-refractivity contribution < 1.29 is 18.3 Å². The lowest BCUT2D eigenvalue weighted by Crippen LogP contribution is -2.46. The maximum atomic E-state index is 14.9. The lowest BCUT2D eigenvalue weighted by Gasteiger charge is -2.37. The molecule has 7 rings (SSSR count). The van der Waals surface area contributed by atoms with Crippen LogP contribution in [0.1, 0.15) is 17.9 Å². The Hall–Kier alpha value is -5.04. The molecule has 0 unspecified atom stereocenters. The zero-order chi connectivity index (χ0) is 31.5. The first-order valence-corrected chi connectivity index (χ1v) is 15.3. The van der Waals surface area contributed by atoms with Crippen molar-refractivity contribution in [3.63, 3.8) is 0 Å². The first kappa shape index (κ1) is 29.7. The van der Waals surface area contributed by atoms with Gasteiger partial charge in [0.05, 0.1) is 31.5 Å². The molecule has 2 saturated heterocycles. The number of piperazine rings is 1. The van der Waals surface area contributed by atoms with Crippen molar-refractivity contribution in [1.29, 1.82) is 0 Å². The Morgan fingerprint density at radius 3 is 2.22 bits per heavy atom. The van der Waals surface area contributed by atoms with E-state index >= 15 is 0 Å². The SMILES string of the molecule is O=c1[nH]ncn1-c1ccc(N2CCN(c3ccc(OC[C@@H]4CO[C@H](Cn5cncn5)[C@@H](c5ccc(F)cc5F)C4)cc3)CC2)cc1. The highest BCUT2D eigenvalue weighted by Crippen LogP contribution is 2.36. The van der Waals surface area contributed by atoms with Gasteiger partial charge in [0, 0.05) is 55.5 Å². The van der Waals surface area contributed by atoms with Crippen LogP contribution in [0.5, 0.6) is 5.75 Å². The van der Waals surface area contributed by atoms with E-state index in [4.69, 9.17) is 9.47 Å². The number of aromatic amines is 1. The molecule has 2 aromatic heterocycles. The lowest BCUT2D eigenvalue weighted by molar-refractivity contribution is -0.0516. The van der Waals surface area contributed by atoms with Crippen molar-refractivity contribution in [2.24, 2.45) is 5.92 Å². The standard InChI is InChI=1S/C33H34F2N8O3/c34-24-1-10-29(31(35)16-24)30-15-23(19-46-32(30)17-42-21-36-20-38-42)18-45-28-8-6-26(7-9-28)41-13-11-40(12-14-41)25-2-4-27(5-3-25)43-22-37-39-33(43)44/h1-10,16,20-23,30,32H,11-15,17-19H2,(H,39,44)/t23-,30-,32-/m1/s1. The van der Waals surface area contributed by atoms with Crippen LogP contribution in [0.2, 0.25) is 0 Å². The maximum absolute atomic E-state index is 14.9. The highest BCUT2D eigenvalue weighted by atomic mass is 19.1. The Balaban J connectivity index is 0.928. The fourth-order valence-corrected chi connectivity index (χ4v) is 6.34. The van der Waals surface area contributed by atoms with Crippen LogP contribution in [0.25, 0.3) is 5.69 Å². The van der Waals surface area contributed by atoms with Gasteiger partial charge in [-0.05, 0) is 66.6 Å². The van der Waals surface area contributed by atoms with Gasteiger partial charge in [0.2, 0.25) is 0 Å². The minimum atomic E-state index is -0.604. The Morgan fingerprint density at radius 2 is 1.59 bits per heavy atom. The van der Waals surface area contributed by atoms with Gasteiger partial charge in [0.25, 0.3) is 0 Å². The Labute approximate surface area is 264 Å². The topological polar surface area (TPSA) is 106 Å². The van der Waals surface area contributed by atoms with Gasteiger partial charge >= 0.3 is 5.69 Å². The van der Waals surface area contributed by atoms with E-state index in [0.717, 1.165) is 55.1 Å². The van der Waals surface area contributed by atoms with Crippen molar-refractivity contribution in [2.45, 2.75) is 25.0 Å². The Kier molecular flexibility index (Phi) is 8.47. The molecule has 4 heterocycles. The summed E-state index contributed by atoms with van der Waals surface area (Å²) in [6.45, 7) is 4.80. The normalized spacial score (nSPS) is 20.2. The van der Waals surface area contributed by atoms with Gasteiger partial charge in [-0.2, -0.15) is 10.2 Å². The van der Waals surface area contributed by atoms with Crippen molar-refractivity contribution in [2.75, 3.05) is 49.2 Å². The third-order valence-corrected chi connectivity index (χ3v) is 8.79. The molecule has 13 heteroatoms. The number of ether oxygens (including phenoxy) is 2. The second-order valence-electron chi connectivity index (χ2n) is 11.7. The molecule has 1 N–H and O–H groups in total. The molecule has 11 nitrogen and oxygen atoms in total. The van der Waals surface area contributed by atoms with Gasteiger partial charge in [0.1, 0.15) is 36.4 Å². The van der Waals surface area contributed by atoms with Crippen LogP contribution in [0.3, 0.4) is 0 Å². The van der Waals surface area contributed by atoms with Crippen molar-refractivity contribution >= 4 is 11.4 Å². The van der Waals surface area contributed by atoms with Crippen LogP contribution in [-0.2, 0) is 11.3 Å². The van der Waals surface area contributed by atoms with Gasteiger partial charge < -0.3 is 19.3 Å². The molecule has 0 radical (unpaired) electrons. The van der Waals surface area contributed by atoms with Crippen LogP contribution in [0.4, 0.5) is 20.2 Å². The number of hydrogen-bond donors (Lipinski definition) is 1. The van der Waals surface area contributed by atoms with Crippen LogP contribution in [0.15, 0.2) is 90.5 Å². The molecule has 0 bridgehead atoms. The predicted molar refractivity (Wildman–Crippen MR) is 168 cm³/mol. The van der Waals surface area contributed by atoms with E-state index < -0.39 is 11.6 Å². The van der Waals surface area contributed by atoms with Gasteiger partial charge in [-0.15, -0.1) is 0 Å². The maximum Gasteiger partial charge on any atom is 0.347 e. The minimum Gasteiger partial charge on any atom is -0.493 e. The summed E-state index contributed by atoms with van der Waals surface area (Å²) in [5.74, 6) is -0.673. The molecule has 2 aliphatic rings. The average molecular weight is 629 g/mol. The quantitative estimate of drug-likeness (QED) is 0.261. The summed E-state index contributed by atoms with van der Waals surface area (Å²) >= 11 is 0. The summed E-state index contributed by atoms with van der Waals surface area (Å²) in [5, 5.41) is 10.4. The number of hydrogen-bond acceptors (Lipinski definition) is 8. The number of benzene rings is 3. The second-order valence-corrected chi connectivity index (χ2v) is 11.7. The van der Waals surface area contributed by atoms with E-state index in [1.165, 1.54) is 29.4 Å². The molecule has 3 atom stereocenters. The highest BCUT2D eigenvalue weighted by molar-refractivity contribution is 5.54. The van der Waals surface area contributed by atoms with E-state index in [-0.39, 0.29) is 23.6 Å². The van der Waals surface area contributed by atoms with Crippen molar-refractivity contribution in [3.8, 4) is 11.4 Å². The largest absolute Gasteiger partial charge is 0.493 e. The molecule has 0 saturated carbocycles. The number of halogens is 2. The summed E-state index contributed by atoms with van der Waals surface area (Å²) in [4.78, 5) is 20.5. The number of aromatic nitrogens is 6. The van der Waals surface area contributed by atoms with Crippen molar-refractivity contribution in [3.05, 3.63) is 113 Å². The third-order valence-electron chi connectivity index (χ3n) is 8.79. The molecule has 0 aliphatic carbocycles. The fourth-order valence-electron chi connectivity index (χ4n) is 6.34. The molecule has 2 fully saturated rings. The average Bonchev–Trinajstić information content (AvgIpc) is 3.77. The Bertz CT molecular complexity index is 1780. The monoisotopic (exact) mass is 628 g/mol. The Morgan fingerprint density at radius 1 is 0.891 bits per heavy atom. The van der Waals surface area contributed by atoms with E-state index in [2.05, 4.69) is 42.2 Å². The van der Waals surface area contributed by atoms with E-state index in [1.807, 2.05) is 36.4 Å². The number of anilines is 2.